The Hall–Kier alpha value is -1.72. The van der Waals surface area contributed by atoms with Crippen LogP contribution in [0.5, 0.6) is 0 Å². The molecule has 1 atom stereocenters. The number of hydrogen-bond donors (Lipinski definition) is 1. The fourth-order valence-corrected chi connectivity index (χ4v) is 4.83. The molecule has 2 aliphatic rings. The van der Waals surface area contributed by atoms with Gasteiger partial charge in [-0.15, -0.1) is 11.3 Å². The first-order chi connectivity index (χ1) is 12.1. The van der Waals surface area contributed by atoms with E-state index in [0.29, 0.717) is 0 Å². The molecule has 4 nitrogen and oxygen atoms in total. The lowest BCUT2D eigenvalue weighted by Crippen LogP contribution is -2.52. The summed E-state index contributed by atoms with van der Waals surface area (Å²) in [5.41, 5.74) is 2.11. The third-order valence-electron chi connectivity index (χ3n) is 5.34. The number of aryl methyl sites for hydroxylation is 1. The van der Waals surface area contributed by atoms with Crippen LogP contribution in [0.15, 0.2) is 30.3 Å². The maximum absolute atomic E-state index is 12.7. The lowest BCUT2D eigenvalue weighted by Gasteiger charge is -2.47. The van der Waals surface area contributed by atoms with E-state index in [0.717, 1.165) is 54.3 Å². The first kappa shape index (κ1) is 16.7. The summed E-state index contributed by atoms with van der Waals surface area (Å²) in [6.07, 6.45) is 6.16. The minimum Gasteiger partial charge on any atom is -0.375 e. The monoisotopic (exact) mass is 356 g/mol. The van der Waals surface area contributed by atoms with E-state index in [2.05, 4.69) is 22.4 Å². The van der Waals surface area contributed by atoms with Gasteiger partial charge in [0.05, 0.1) is 16.3 Å². The molecule has 1 aromatic carbocycles. The topological polar surface area (TPSA) is 51.2 Å². The molecule has 2 fully saturated rings. The molecule has 1 saturated carbocycles. The second kappa shape index (κ2) is 6.89. The number of hydrogen-bond acceptors (Lipinski definition) is 4. The second-order valence-electron chi connectivity index (χ2n) is 7.23. The number of rotatable bonds is 4. The summed E-state index contributed by atoms with van der Waals surface area (Å²) < 4.78 is 5.95. The van der Waals surface area contributed by atoms with Crippen LogP contribution in [-0.2, 0) is 11.2 Å². The Labute approximate surface area is 152 Å². The maximum atomic E-state index is 12.7. The molecule has 2 heterocycles. The first-order valence-corrected chi connectivity index (χ1v) is 9.90. The van der Waals surface area contributed by atoms with Crippen LogP contribution in [0.4, 0.5) is 0 Å². The van der Waals surface area contributed by atoms with Gasteiger partial charge in [-0.3, -0.25) is 4.79 Å². The molecule has 25 heavy (non-hydrogen) atoms. The molecule has 5 heteroatoms. The van der Waals surface area contributed by atoms with Gasteiger partial charge < -0.3 is 10.1 Å². The Bertz CT molecular complexity index is 752. The van der Waals surface area contributed by atoms with E-state index in [-0.39, 0.29) is 17.6 Å². The molecule has 1 aliphatic carbocycles. The number of ether oxygens (including phenoxy) is 1. The van der Waals surface area contributed by atoms with Crippen LogP contribution >= 0.6 is 11.3 Å². The molecule has 1 spiro atoms. The number of aromatic nitrogens is 1. The van der Waals surface area contributed by atoms with E-state index in [9.17, 15) is 4.79 Å². The average molecular weight is 356 g/mol. The number of carbonyl (C=O) groups is 1. The van der Waals surface area contributed by atoms with Crippen molar-refractivity contribution in [3.8, 4) is 0 Å². The summed E-state index contributed by atoms with van der Waals surface area (Å²) in [6, 6.07) is 10.5. The smallest absolute Gasteiger partial charge is 0.263 e. The summed E-state index contributed by atoms with van der Waals surface area (Å²) >= 11 is 1.52. The number of nitrogens with one attached hydrogen (secondary N) is 1. The van der Waals surface area contributed by atoms with Gasteiger partial charge in [-0.05, 0) is 44.6 Å². The van der Waals surface area contributed by atoms with Gasteiger partial charge >= 0.3 is 0 Å². The Kier molecular flexibility index (Phi) is 4.61. The summed E-state index contributed by atoms with van der Waals surface area (Å²) in [7, 11) is 0. The van der Waals surface area contributed by atoms with Gasteiger partial charge in [0.2, 0.25) is 0 Å². The maximum Gasteiger partial charge on any atom is 0.263 e. The van der Waals surface area contributed by atoms with Crippen LogP contribution < -0.4 is 5.32 Å². The van der Waals surface area contributed by atoms with Crippen molar-refractivity contribution in [1.29, 1.82) is 0 Å². The van der Waals surface area contributed by atoms with Gasteiger partial charge in [0.15, 0.2) is 0 Å². The molecule has 2 aromatic rings. The van der Waals surface area contributed by atoms with E-state index in [1.54, 1.807) is 0 Å². The standard InChI is InChI=1S/C20H24N2O2S/c1-14-18(25-17(21-14)12-15-6-3-2-4-7-15)19(23)22-16-8-11-24-20(13-16)9-5-10-20/h2-4,6-7,16H,5,8-13H2,1H3,(H,22,23). The molecule has 0 bridgehead atoms. The fourth-order valence-electron chi connectivity index (χ4n) is 3.83. The van der Waals surface area contributed by atoms with Crippen molar-refractivity contribution in [2.24, 2.45) is 0 Å². The molecule has 1 N–H and O–H groups in total. The molecule has 0 radical (unpaired) electrons. The molecule has 1 saturated heterocycles. The van der Waals surface area contributed by atoms with E-state index >= 15 is 0 Å². The van der Waals surface area contributed by atoms with Crippen molar-refractivity contribution >= 4 is 17.2 Å². The van der Waals surface area contributed by atoms with Gasteiger partial charge in [0.1, 0.15) is 4.88 Å². The van der Waals surface area contributed by atoms with Gasteiger partial charge in [-0.2, -0.15) is 0 Å². The van der Waals surface area contributed by atoms with Crippen LogP contribution in [0.3, 0.4) is 0 Å². The number of amides is 1. The largest absolute Gasteiger partial charge is 0.375 e. The highest BCUT2D eigenvalue weighted by Gasteiger charge is 2.43. The summed E-state index contributed by atoms with van der Waals surface area (Å²) in [5, 5.41) is 4.22. The summed E-state index contributed by atoms with van der Waals surface area (Å²) in [5.74, 6) is 0.0238. The molecule has 4 rings (SSSR count). The van der Waals surface area contributed by atoms with Gasteiger partial charge in [-0.25, -0.2) is 4.98 Å². The number of thiazole rings is 1. The van der Waals surface area contributed by atoms with Crippen LogP contribution in [0.25, 0.3) is 0 Å². The van der Waals surface area contributed by atoms with Crippen molar-refractivity contribution in [3.63, 3.8) is 0 Å². The lowest BCUT2D eigenvalue weighted by atomic mass is 9.74. The molecule has 1 aromatic heterocycles. The average Bonchev–Trinajstić information content (AvgIpc) is 2.95. The highest BCUT2D eigenvalue weighted by atomic mass is 32.1. The lowest BCUT2D eigenvalue weighted by molar-refractivity contribution is -0.134. The molecule has 1 unspecified atom stereocenters. The van der Waals surface area contributed by atoms with E-state index < -0.39 is 0 Å². The van der Waals surface area contributed by atoms with Crippen LogP contribution in [-0.4, -0.2) is 29.1 Å². The number of nitrogens with zero attached hydrogens (tertiary/aromatic N) is 1. The Morgan fingerprint density at radius 1 is 1.36 bits per heavy atom. The predicted molar refractivity (Wildman–Crippen MR) is 99.1 cm³/mol. The normalized spacial score (nSPS) is 21.7. The highest BCUT2D eigenvalue weighted by Crippen LogP contribution is 2.42. The van der Waals surface area contributed by atoms with Crippen molar-refractivity contribution in [1.82, 2.24) is 10.3 Å². The van der Waals surface area contributed by atoms with Crippen molar-refractivity contribution in [2.45, 2.75) is 57.1 Å². The van der Waals surface area contributed by atoms with Crippen LogP contribution in [0.1, 0.15) is 58.0 Å². The van der Waals surface area contributed by atoms with Crippen molar-refractivity contribution in [3.05, 3.63) is 51.5 Å². The fraction of sp³-hybridized carbons (Fsp3) is 0.500. The summed E-state index contributed by atoms with van der Waals surface area (Å²) in [4.78, 5) is 18.1. The van der Waals surface area contributed by atoms with Gasteiger partial charge in [0.25, 0.3) is 5.91 Å². The van der Waals surface area contributed by atoms with E-state index in [1.165, 1.54) is 23.3 Å². The van der Waals surface area contributed by atoms with Crippen LogP contribution in [0.2, 0.25) is 0 Å². The van der Waals surface area contributed by atoms with Crippen molar-refractivity contribution < 1.29 is 9.53 Å². The van der Waals surface area contributed by atoms with Gasteiger partial charge in [-0.1, -0.05) is 30.3 Å². The third-order valence-corrected chi connectivity index (χ3v) is 6.49. The Balaban J connectivity index is 1.41. The predicted octanol–water partition coefficient (Wildman–Crippen LogP) is 3.87. The first-order valence-electron chi connectivity index (χ1n) is 9.09. The van der Waals surface area contributed by atoms with Crippen LogP contribution in [0, 0.1) is 6.92 Å². The third kappa shape index (κ3) is 3.62. The molecule has 132 valence electrons. The minimum atomic E-state index is 0.0238. The van der Waals surface area contributed by atoms with E-state index in [1.807, 2.05) is 25.1 Å². The number of benzene rings is 1. The zero-order chi connectivity index (χ0) is 17.3. The molecule has 1 amide bonds. The second-order valence-corrected chi connectivity index (χ2v) is 8.32. The van der Waals surface area contributed by atoms with Crippen molar-refractivity contribution in [2.75, 3.05) is 6.61 Å². The zero-order valence-corrected chi connectivity index (χ0v) is 15.4. The Morgan fingerprint density at radius 3 is 2.88 bits per heavy atom. The zero-order valence-electron chi connectivity index (χ0n) is 14.6. The molecule has 1 aliphatic heterocycles. The SMILES string of the molecule is Cc1nc(Cc2ccccc2)sc1C(=O)NC1CCOC2(CCC2)C1. The quantitative estimate of drug-likeness (QED) is 0.905. The Morgan fingerprint density at radius 2 is 2.16 bits per heavy atom. The van der Waals surface area contributed by atoms with E-state index in [4.69, 9.17) is 4.74 Å². The molecular weight excluding hydrogens is 332 g/mol. The number of carbonyl (C=O) groups excluding carboxylic acids is 1. The summed E-state index contributed by atoms with van der Waals surface area (Å²) in [6.45, 7) is 2.68. The minimum absolute atomic E-state index is 0.0238. The molecular formula is C20H24N2O2S. The highest BCUT2D eigenvalue weighted by molar-refractivity contribution is 7.13. The van der Waals surface area contributed by atoms with Gasteiger partial charge in [0, 0.05) is 19.1 Å².